The molecule has 4 rings (SSSR count). The van der Waals surface area contributed by atoms with Gasteiger partial charge in [0.25, 0.3) is 0 Å². The normalized spacial score (nSPS) is 11.4. The van der Waals surface area contributed by atoms with Crippen LogP contribution in [-0.2, 0) is 35.5 Å². The zero-order valence-corrected chi connectivity index (χ0v) is 21.6. The highest BCUT2D eigenvalue weighted by Crippen LogP contribution is 2.19. The summed E-state index contributed by atoms with van der Waals surface area (Å²) >= 11 is 0. The molecule has 0 saturated heterocycles. The number of aromatic nitrogens is 1. The molecule has 4 aromatic rings. The van der Waals surface area contributed by atoms with Gasteiger partial charge in [0, 0.05) is 25.6 Å². The van der Waals surface area contributed by atoms with Gasteiger partial charge in [0.2, 0.25) is 11.8 Å². The number of carbonyl (C=O) groups is 2. The van der Waals surface area contributed by atoms with E-state index < -0.39 is 6.04 Å². The molecule has 2 amide bonds. The van der Waals surface area contributed by atoms with Crippen molar-refractivity contribution >= 4 is 11.8 Å². The van der Waals surface area contributed by atoms with E-state index in [0.29, 0.717) is 32.4 Å². The molecular weight excluding hydrogens is 474 g/mol. The maximum Gasteiger partial charge on any atom is 0.243 e. The molecule has 1 N–H and O–H groups in total. The second kappa shape index (κ2) is 13.7. The number of ether oxygens (including phenoxy) is 1. The van der Waals surface area contributed by atoms with Crippen molar-refractivity contribution in [3.63, 3.8) is 0 Å². The van der Waals surface area contributed by atoms with Crippen LogP contribution >= 0.6 is 0 Å². The number of methoxy groups -OCH3 is 1. The van der Waals surface area contributed by atoms with Gasteiger partial charge in [-0.3, -0.25) is 14.6 Å². The predicted octanol–water partition coefficient (Wildman–Crippen LogP) is 4.98. The summed E-state index contributed by atoms with van der Waals surface area (Å²) in [6.45, 7) is 0.603. The minimum Gasteiger partial charge on any atom is -0.497 e. The Labute approximate surface area is 224 Å². The smallest absolute Gasteiger partial charge is 0.243 e. The summed E-state index contributed by atoms with van der Waals surface area (Å²) in [4.78, 5) is 33.5. The highest BCUT2D eigenvalue weighted by atomic mass is 16.5. The number of benzene rings is 3. The Morgan fingerprint density at radius 2 is 1.47 bits per heavy atom. The van der Waals surface area contributed by atoms with Crippen LogP contribution in [0.4, 0.5) is 0 Å². The van der Waals surface area contributed by atoms with Crippen molar-refractivity contribution in [2.45, 2.75) is 38.4 Å². The molecule has 194 valence electrons. The van der Waals surface area contributed by atoms with Crippen molar-refractivity contribution in [3.8, 4) is 5.75 Å². The Morgan fingerprint density at radius 1 is 0.816 bits per heavy atom. The molecule has 1 unspecified atom stereocenters. The molecule has 0 fully saturated rings. The van der Waals surface area contributed by atoms with Crippen molar-refractivity contribution in [1.82, 2.24) is 15.2 Å². The van der Waals surface area contributed by atoms with Crippen molar-refractivity contribution < 1.29 is 14.3 Å². The van der Waals surface area contributed by atoms with E-state index in [4.69, 9.17) is 4.74 Å². The van der Waals surface area contributed by atoms with Crippen molar-refractivity contribution in [3.05, 3.63) is 132 Å². The predicted molar refractivity (Wildman–Crippen MR) is 148 cm³/mol. The molecule has 0 bridgehead atoms. The third-order valence-electron chi connectivity index (χ3n) is 6.42. The highest BCUT2D eigenvalue weighted by molar-refractivity contribution is 5.88. The van der Waals surface area contributed by atoms with Crippen LogP contribution in [0, 0.1) is 0 Å². The topological polar surface area (TPSA) is 71.5 Å². The first-order chi connectivity index (χ1) is 18.6. The van der Waals surface area contributed by atoms with Gasteiger partial charge in [-0.15, -0.1) is 0 Å². The van der Waals surface area contributed by atoms with Crippen LogP contribution < -0.4 is 10.1 Å². The Bertz CT molecular complexity index is 1280. The number of nitrogens with one attached hydrogen (secondary N) is 1. The quantitative estimate of drug-likeness (QED) is 0.294. The first-order valence-electron chi connectivity index (χ1n) is 12.8. The number of hydrogen-bond acceptors (Lipinski definition) is 4. The van der Waals surface area contributed by atoms with E-state index in [1.54, 1.807) is 18.2 Å². The third kappa shape index (κ3) is 7.77. The summed E-state index contributed by atoms with van der Waals surface area (Å²) in [6.07, 6.45) is 3.01. The number of rotatable bonds is 12. The molecule has 0 aliphatic carbocycles. The first-order valence-corrected chi connectivity index (χ1v) is 12.8. The van der Waals surface area contributed by atoms with Crippen molar-refractivity contribution in [2.24, 2.45) is 0 Å². The maximum absolute atomic E-state index is 13.8. The molecule has 6 heteroatoms. The standard InChI is InChI=1S/C32H33N3O3/c1-38-29-18-15-27(16-19-29)24-35(31(36)20-17-25-10-4-2-5-11-25)30(22-26-12-6-3-7-13-26)32(37)34-23-28-14-8-9-21-33-28/h2-16,18-19,21,30H,17,20,22-24H2,1H3,(H,34,37). The van der Waals surface area contributed by atoms with E-state index in [9.17, 15) is 9.59 Å². The van der Waals surface area contributed by atoms with Gasteiger partial charge in [0.05, 0.1) is 19.3 Å². The van der Waals surface area contributed by atoms with E-state index in [-0.39, 0.29) is 11.8 Å². The summed E-state index contributed by atoms with van der Waals surface area (Å²) in [5, 5.41) is 3.02. The van der Waals surface area contributed by atoms with E-state index >= 15 is 0 Å². The zero-order chi connectivity index (χ0) is 26.6. The number of nitrogens with zero attached hydrogens (tertiary/aromatic N) is 2. The van der Waals surface area contributed by atoms with Crippen LogP contribution in [0.3, 0.4) is 0 Å². The molecule has 1 atom stereocenters. The lowest BCUT2D eigenvalue weighted by Crippen LogP contribution is -2.50. The van der Waals surface area contributed by atoms with Crippen LogP contribution in [-0.4, -0.2) is 34.8 Å². The first kappa shape index (κ1) is 26.6. The minimum absolute atomic E-state index is 0.0708. The van der Waals surface area contributed by atoms with E-state index in [0.717, 1.165) is 28.1 Å². The monoisotopic (exact) mass is 507 g/mol. The van der Waals surface area contributed by atoms with Gasteiger partial charge in [-0.05, 0) is 47.4 Å². The second-order valence-electron chi connectivity index (χ2n) is 9.10. The molecule has 0 spiro atoms. The number of carbonyl (C=O) groups excluding carboxylic acids is 2. The zero-order valence-electron chi connectivity index (χ0n) is 21.6. The van der Waals surface area contributed by atoms with E-state index in [1.807, 2.05) is 103 Å². The molecule has 6 nitrogen and oxygen atoms in total. The number of hydrogen-bond donors (Lipinski definition) is 1. The summed E-state index contributed by atoms with van der Waals surface area (Å²) in [5.41, 5.74) is 3.76. The molecule has 3 aromatic carbocycles. The molecule has 0 aliphatic rings. The number of pyridine rings is 1. The lowest BCUT2D eigenvalue weighted by Gasteiger charge is -2.31. The summed E-state index contributed by atoms with van der Waals surface area (Å²) in [5.74, 6) is 0.462. The van der Waals surface area contributed by atoms with Crippen LogP contribution in [0.25, 0.3) is 0 Å². The summed E-state index contributed by atoms with van der Waals surface area (Å²) in [6, 6.07) is 32.3. The van der Waals surface area contributed by atoms with Crippen LogP contribution in [0.15, 0.2) is 109 Å². The summed E-state index contributed by atoms with van der Waals surface area (Å²) < 4.78 is 5.30. The number of amides is 2. The van der Waals surface area contributed by atoms with E-state index in [2.05, 4.69) is 10.3 Å². The maximum atomic E-state index is 13.8. The average molecular weight is 508 g/mol. The van der Waals surface area contributed by atoms with Crippen molar-refractivity contribution in [2.75, 3.05) is 7.11 Å². The van der Waals surface area contributed by atoms with Crippen LogP contribution in [0.5, 0.6) is 5.75 Å². The van der Waals surface area contributed by atoms with Crippen LogP contribution in [0.2, 0.25) is 0 Å². The molecule has 1 aromatic heterocycles. The Morgan fingerprint density at radius 3 is 2.11 bits per heavy atom. The molecule has 38 heavy (non-hydrogen) atoms. The van der Waals surface area contributed by atoms with Gasteiger partial charge in [-0.2, -0.15) is 0 Å². The summed E-state index contributed by atoms with van der Waals surface area (Å²) in [7, 11) is 1.62. The van der Waals surface area contributed by atoms with Gasteiger partial charge in [-0.25, -0.2) is 0 Å². The van der Waals surface area contributed by atoms with Gasteiger partial charge in [-0.1, -0.05) is 78.9 Å². The van der Waals surface area contributed by atoms with Gasteiger partial charge in [0.1, 0.15) is 11.8 Å². The van der Waals surface area contributed by atoms with Gasteiger partial charge in [0.15, 0.2) is 0 Å². The Kier molecular flexibility index (Phi) is 9.63. The minimum atomic E-state index is -0.688. The number of aryl methyl sites for hydroxylation is 1. The second-order valence-corrected chi connectivity index (χ2v) is 9.10. The largest absolute Gasteiger partial charge is 0.497 e. The molecule has 0 saturated carbocycles. The Balaban J connectivity index is 1.60. The van der Waals surface area contributed by atoms with Crippen LogP contribution in [0.1, 0.15) is 28.8 Å². The lowest BCUT2D eigenvalue weighted by molar-refractivity contribution is -0.141. The molecule has 0 aliphatic heterocycles. The molecule has 0 radical (unpaired) electrons. The van der Waals surface area contributed by atoms with Gasteiger partial charge >= 0.3 is 0 Å². The third-order valence-corrected chi connectivity index (χ3v) is 6.42. The average Bonchev–Trinajstić information content (AvgIpc) is 2.98. The van der Waals surface area contributed by atoms with Gasteiger partial charge < -0.3 is 15.0 Å². The molecule has 1 heterocycles. The SMILES string of the molecule is COc1ccc(CN(C(=O)CCc2ccccc2)C(Cc2ccccc2)C(=O)NCc2ccccn2)cc1. The Hall–Kier alpha value is -4.45. The fourth-order valence-electron chi connectivity index (χ4n) is 4.32. The molecular formula is C32H33N3O3. The fourth-order valence-corrected chi connectivity index (χ4v) is 4.32. The lowest BCUT2D eigenvalue weighted by atomic mass is 10.0. The highest BCUT2D eigenvalue weighted by Gasteiger charge is 2.30. The fraction of sp³-hybridized carbons (Fsp3) is 0.219. The van der Waals surface area contributed by atoms with Crippen molar-refractivity contribution in [1.29, 1.82) is 0 Å². The van der Waals surface area contributed by atoms with E-state index in [1.165, 1.54) is 0 Å².